The molecule has 1 aromatic rings. The van der Waals surface area contributed by atoms with Crippen LogP contribution in [0.5, 0.6) is 0 Å². The van der Waals surface area contributed by atoms with Gasteiger partial charge in [0.05, 0.1) is 0 Å². The quantitative estimate of drug-likeness (QED) is 0.659. The molecule has 0 atom stereocenters. The van der Waals surface area contributed by atoms with Gasteiger partial charge in [-0.3, -0.25) is 4.90 Å². The fourth-order valence-electron chi connectivity index (χ4n) is 4.11. The van der Waals surface area contributed by atoms with E-state index in [1.807, 2.05) is 0 Å². The molecule has 1 nitrogen and oxygen atoms in total. The van der Waals surface area contributed by atoms with Crippen molar-refractivity contribution in [3.8, 4) is 0 Å². The zero-order valence-electron chi connectivity index (χ0n) is 15.4. The highest BCUT2D eigenvalue weighted by molar-refractivity contribution is 5.25. The number of benzene rings is 1. The summed E-state index contributed by atoms with van der Waals surface area (Å²) in [7, 11) is 4.51. The molecule has 1 aromatic carbocycles. The van der Waals surface area contributed by atoms with Gasteiger partial charge in [-0.2, -0.15) is 0 Å². The molecule has 0 heterocycles. The third-order valence-electron chi connectivity index (χ3n) is 5.64. The lowest BCUT2D eigenvalue weighted by Gasteiger charge is -2.45. The van der Waals surface area contributed by atoms with Gasteiger partial charge in [0, 0.05) is 5.54 Å². The molecular weight excluding hydrogens is 266 g/mol. The Morgan fingerprint density at radius 2 is 1.64 bits per heavy atom. The van der Waals surface area contributed by atoms with Crippen molar-refractivity contribution in [2.45, 2.75) is 71.3 Å². The van der Waals surface area contributed by atoms with Gasteiger partial charge in [0.1, 0.15) is 0 Å². The average molecular weight is 302 g/mol. The molecule has 22 heavy (non-hydrogen) atoms. The van der Waals surface area contributed by atoms with Crippen LogP contribution in [-0.2, 0) is 5.54 Å². The molecule has 0 amide bonds. The summed E-state index contributed by atoms with van der Waals surface area (Å²) in [5.41, 5.74) is 2.27. The van der Waals surface area contributed by atoms with E-state index >= 15 is 0 Å². The fourth-order valence-corrected chi connectivity index (χ4v) is 4.11. The van der Waals surface area contributed by atoms with Crippen LogP contribution in [0.15, 0.2) is 30.3 Å². The first kappa shape index (κ1) is 17.5. The minimum absolute atomic E-state index is 0.266. The topological polar surface area (TPSA) is 3.24 Å². The van der Waals surface area contributed by atoms with Crippen LogP contribution in [-0.4, -0.2) is 19.0 Å². The SMILES string of the molecule is CN(C)C1(c2ccccc2)CCC(CCCC(C)(C)C)CC1. The second-order valence-electron chi connectivity index (χ2n) is 8.69. The van der Waals surface area contributed by atoms with Crippen molar-refractivity contribution in [1.82, 2.24) is 4.90 Å². The number of hydrogen-bond donors (Lipinski definition) is 0. The van der Waals surface area contributed by atoms with E-state index in [0.717, 1.165) is 5.92 Å². The maximum atomic E-state index is 2.47. The van der Waals surface area contributed by atoms with E-state index in [9.17, 15) is 0 Å². The molecule has 0 unspecified atom stereocenters. The van der Waals surface area contributed by atoms with E-state index in [4.69, 9.17) is 0 Å². The minimum Gasteiger partial charge on any atom is -0.300 e. The average Bonchev–Trinajstić information content (AvgIpc) is 2.47. The Morgan fingerprint density at radius 1 is 1.05 bits per heavy atom. The molecule has 1 aliphatic carbocycles. The minimum atomic E-state index is 0.266. The summed E-state index contributed by atoms with van der Waals surface area (Å²) < 4.78 is 0. The number of nitrogens with zero attached hydrogens (tertiary/aromatic N) is 1. The lowest BCUT2D eigenvalue weighted by atomic mass is 9.70. The normalized spacial score (nSPS) is 26.4. The molecule has 2 rings (SSSR count). The van der Waals surface area contributed by atoms with E-state index in [1.165, 1.54) is 50.5 Å². The molecule has 1 fully saturated rings. The summed E-state index contributed by atoms with van der Waals surface area (Å²) in [6, 6.07) is 11.1. The molecule has 0 bridgehead atoms. The van der Waals surface area contributed by atoms with Crippen molar-refractivity contribution < 1.29 is 0 Å². The van der Waals surface area contributed by atoms with Gasteiger partial charge in [-0.25, -0.2) is 0 Å². The first-order chi connectivity index (χ1) is 10.3. The van der Waals surface area contributed by atoms with Gasteiger partial charge >= 0.3 is 0 Å². The summed E-state index contributed by atoms with van der Waals surface area (Å²) in [5.74, 6) is 0.944. The molecule has 1 heteroatoms. The third kappa shape index (κ3) is 4.35. The van der Waals surface area contributed by atoms with E-state index in [2.05, 4.69) is 70.1 Å². The van der Waals surface area contributed by atoms with Crippen LogP contribution < -0.4 is 0 Å². The van der Waals surface area contributed by atoms with Crippen molar-refractivity contribution in [1.29, 1.82) is 0 Å². The lowest BCUT2D eigenvalue weighted by Crippen LogP contribution is -2.44. The van der Waals surface area contributed by atoms with Gasteiger partial charge in [-0.05, 0) is 63.1 Å². The highest BCUT2D eigenvalue weighted by atomic mass is 15.1. The summed E-state index contributed by atoms with van der Waals surface area (Å²) in [6.45, 7) is 7.08. The Kier molecular flexibility index (Phi) is 5.71. The van der Waals surface area contributed by atoms with Gasteiger partial charge in [0.2, 0.25) is 0 Å². The van der Waals surface area contributed by atoms with Crippen LogP contribution >= 0.6 is 0 Å². The number of hydrogen-bond acceptors (Lipinski definition) is 1. The second-order valence-corrected chi connectivity index (χ2v) is 8.69. The Balaban J connectivity index is 1.94. The molecule has 1 aliphatic rings. The maximum absolute atomic E-state index is 2.47. The molecule has 0 saturated heterocycles. The fraction of sp³-hybridized carbons (Fsp3) is 0.714. The molecule has 0 aromatic heterocycles. The second kappa shape index (κ2) is 7.17. The van der Waals surface area contributed by atoms with E-state index < -0.39 is 0 Å². The monoisotopic (exact) mass is 301 g/mol. The Labute approximate surface area is 138 Å². The Hall–Kier alpha value is -0.820. The van der Waals surface area contributed by atoms with Crippen LogP contribution in [0.2, 0.25) is 0 Å². The molecule has 1 saturated carbocycles. The smallest absolute Gasteiger partial charge is 0.0455 e. The molecule has 0 aliphatic heterocycles. The zero-order chi connectivity index (χ0) is 16.2. The Bertz CT molecular complexity index is 433. The highest BCUT2D eigenvalue weighted by Crippen LogP contribution is 2.44. The lowest BCUT2D eigenvalue weighted by molar-refractivity contribution is 0.0740. The highest BCUT2D eigenvalue weighted by Gasteiger charge is 2.38. The summed E-state index contributed by atoms with van der Waals surface area (Å²) in [4.78, 5) is 2.47. The Morgan fingerprint density at radius 3 is 2.14 bits per heavy atom. The molecule has 124 valence electrons. The molecule has 0 N–H and O–H groups in total. The van der Waals surface area contributed by atoms with Crippen molar-refractivity contribution in [2.75, 3.05) is 14.1 Å². The predicted octanol–water partition coefficient (Wildman–Crippen LogP) is 5.85. The predicted molar refractivity (Wildman–Crippen MR) is 97.1 cm³/mol. The van der Waals surface area contributed by atoms with Crippen molar-refractivity contribution in [3.63, 3.8) is 0 Å². The molecule has 0 spiro atoms. The maximum Gasteiger partial charge on any atom is 0.0455 e. The molecule has 0 radical (unpaired) electrons. The van der Waals surface area contributed by atoms with Crippen molar-refractivity contribution in [3.05, 3.63) is 35.9 Å². The van der Waals surface area contributed by atoms with Crippen LogP contribution in [0, 0.1) is 11.3 Å². The first-order valence-corrected chi connectivity index (χ1v) is 9.06. The van der Waals surface area contributed by atoms with Crippen molar-refractivity contribution in [2.24, 2.45) is 11.3 Å². The van der Waals surface area contributed by atoms with Crippen LogP contribution in [0.1, 0.15) is 71.3 Å². The van der Waals surface area contributed by atoms with Gasteiger partial charge < -0.3 is 0 Å². The number of rotatable bonds is 5. The zero-order valence-corrected chi connectivity index (χ0v) is 15.4. The van der Waals surface area contributed by atoms with E-state index in [1.54, 1.807) is 0 Å². The summed E-state index contributed by atoms with van der Waals surface area (Å²) >= 11 is 0. The van der Waals surface area contributed by atoms with Crippen molar-refractivity contribution >= 4 is 0 Å². The molecular formula is C21H35N. The third-order valence-corrected chi connectivity index (χ3v) is 5.64. The van der Waals surface area contributed by atoms with Gasteiger partial charge in [-0.1, -0.05) is 63.9 Å². The standard InChI is InChI=1S/C21H35N/c1-20(2,3)15-9-10-18-13-16-21(17-14-18,22(4)5)19-11-7-6-8-12-19/h6-8,11-12,18H,9-10,13-17H2,1-5H3. The largest absolute Gasteiger partial charge is 0.300 e. The van der Waals surface area contributed by atoms with Gasteiger partial charge in [0.15, 0.2) is 0 Å². The summed E-state index contributed by atoms with van der Waals surface area (Å²) in [5, 5.41) is 0. The van der Waals surface area contributed by atoms with Crippen LogP contribution in [0.3, 0.4) is 0 Å². The van der Waals surface area contributed by atoms with Crippen LogP contribution in [0.25, 0.3) is 0 Å². The van der Waals surface area contributed by atoms with E-state index in [-0.39, 0.29) is 5.54 Å². The van der Waals surface area contributed by atoms with E-state index in [0.29, 0.717) is 5.41 Å². The first-order valence-electron chi connectivity index (χ1n) is 9.06. The summed E-state index contributed by atoms with van der Waals surface area (Å²) in [6.07, 6.45) is 9.58. The van der Waals surface area contributed by atoms with Crippen LogP contribution in [0.4, 0.5) is 0 Å². The van der Waals surface area contributed by atoms with Gasteiger partial charge in [0.25, 0.3) is 0 Å². The van der Waals surface area contributed by atoms with Gasteiger partial charge in [-0.15, -0.1) is 0 Å².